The molecule has 2 fully saturated rings. The molecule has 2 aliphatic rings. The lowest BCUT2D eigenvalue weighted by Crippen LogP contribution is -2.59. The maximum Gasteiger partial charge on any atom is 0.0933 e. The molecule has 2 nitrogen and oxygen atoms in total. The minimum Gasteiger partial charge on any atom is -0.372 e. The van der Waals surface area contributed by atoms with Crippen molar-refractivity contribution < 1.29 is 4.74 Å². The van der Waals surface area contributed by atoms with Crippen LogP contribution in [0, 0.1) is 5.92 Å². The predicted molar refractivity (Wildman–Crippen MR) is 43.5 cm³/mol. The minimum atomic E-state index is 0.248. The van der Waals surface area contributed by atoms with Crippen molar-refractivity contribution in [3.8, 4) is 0 Å². The van der Waals surface area contributed by atoms with Gasteiger partial charge in [0.05, 0.1) is 12.2 Å². The average molecular weight is 206 g/mol. The Morgan fingerprint density at radius 3 is 2.70 bits per heavy atom. The smallest absolute Gasteiger partial charge is 0.0933 e. The second-order valence-corrected chi connectivity index (χ2v) is 3.97. The van der Waals surface area contributed by atoms with Gasteiger partial charge < -0.3 is 10.1 Å². The Hall–Kier alpha value is 0.400. The number of alkyl halides is 1. The Morgan fingerprint density at radius 2 is 2.40 bits per heavy atom. The summed E-state index contributed by atoms with van der Waals surface area (Å²) in [5, 5.41) is 4.34. The van der Waals surface area contributed by atoms with E-state index in [0.29, 0.717) is 0 Å². The van der Waals surface area contributed by atoms with Gasteiger partial charge in [0.2, 0.25) is 0 Å². The van der Waals surface area contributed by atoms with E-state index in [1.807, 2.05) is 0 Å². The van der Waals surface area contributed by atoms with Gasteiger partial charge in [-0.05, 0) is 12.3 Å². The third-order valence-electron chi connectivity index (χ3n) is 2.40. The second kappa shape index (κ2) is 2.47. The van der Waals surface area contributed by atoms with Crippen molar-refractivity contribution in [2.24, 2.45) is 5.92 Å². The lowest BCUT2D eigenvalue weighted by atomic mass is 9.90. The molecule has 1 atom stereocenters. The summed E-state index contributed by atoms with van der Waals surface area (Å²) >= 11 is 3.48. The Bertz CT molecular complexity index is 136. The van der Waals surface area contributed by atoms with Crippen LogP contribution in [0.15, 0.2) is 0 Å². The Labute approximate surface area is 69.4 Å². The summed E-state index contributed by atoms with van der Waals surface area (Å²) in [7, 11) is 0. The van der Waals surface area contributed by atoms with Gasteiger partial charge >= 0.3 is 0 Å². The van der Waals surface area contributed by atoms with E-state index >= 15 is 0 Å². The van der Waals surface area contributed by atoms with Crippen molar-refractivity contribution in [1.82, 2.24) is 5.32 Å². The van der Waals surface area contributed by atoms with Gasteiger partial charge in [-0.2, -0.15) is 0 Å². The highest BCUT2D eigenvalue weighted by Gasteiger charge is 2.44. The molecule has 58 valence electrons. The summed E-state index contributed by atoms with van der Waals surface area (Å²) < 4.78 is 5.69. The first kappa shape index (κ1) is 7.07. The molecule has 0 aliphatic carbocycles. The lowest BCUT2D eigenvalue weighted by Gasteiger charge is -2.38. The van der Waals surface area contributed by atoms with E-state index in [1.165, 1.54) is 6.42 Å². The van der Waals surface area contributed by atoms with Crippen molar-refractivity contribution in [1.29, 1.82) is 0 Å². The van der Waals surface area contributed by atoms with Crippen LogP contribution in [0.5, 0.6) is 0 Å². The van der Waals surface area contributed by atoms with Gasteiger partial charge in [-0.15, -0.1) is 0 Å². The first-order chi connectivity index (χ1) is 4.85. The molecule has 0 aromatic heterocycles. The van der Waals surface area contributed by atoms with Crippen molar-refractivity contribution in [3.05, 3.63) is 0 Å². The molecule has 10 heavy (non-hydrogen) atoms. The topological polar surface area (TPSA) is 21.3 Å². The van der Waals surface area contributed by atoms with Gasteiger partial charge in [0.15, 0.2) is 0 Å². The van der Waals surface area contributed by atoms with Crippen molar-refractivity contribution in [3.63, 3.8) is 0 Å². The maximum atomic E-state index is 5.69. The van der Waals surface area contributed by atoms with Crippen LogP contribution in [0.4, 0.5) is 0 Å². The summed E-state index contributed by atoms with van der Waals surface area (Å²) in [6.45, 7) is 3.08. The molecule has 2 aliphatic heterocycles. The number of nitrogens with one attached hydrogen (secondary N) is 1. The molecule has 1 spiro atoms. The van der Waals surface area contributed by atoms with E-state index in [0.717, 1.165) is 30.9 Å². The summed E-state index contributed by atoms with van der Waals surface area (Å²) in [4.78, 5) is 0. The van der Waals surface area contributed by atoms with Gasteiger partial charge in [-0.1, -0.05) is 15.9 Å². The molecule has 0 aromatic rings. The number of hydrogen-bond acceptors (Lipinski definition) is 2. The molecular weight excluding hydrogens is 194 g/mol. The maximum absolute atomic E-state index is 5.69. The zero-order valence-corrected chi connectivity index (χ0v) is 7.49. The monoisotopic (exact) mass is 205 g/mol. The van der Waals surface area contributed by atoms with Crippen LogP contribution in [0.2, 0.25) is 0 Å². The summed E-state index contributed by atoms with van der Waals surface area (Å²) in [6.07, 6.45) is 1.24. The first-order valence-electron chi connectivity index (χ1n) is 3.75. The van der Waals surface area contributed by atoms with Crippen molar-refractivity contribution in [2.45, 2.75) is 12.0 Å². The van der Waals surface area contributed by atoms with Gasteiger partial charge in [0, 0.05) is 18.4 Å². The Balaban J connectivity index is 1.92. The van der Waals surface area contributed by atoms with Crippen LogP contribution in [-0.2, 0) is 4.74 Å². The van der Waals surface area contributed by atoms with E-state index in [1.54, 1.807) is 0 Å². The third kappa shape index (κ3) is 1.00. The van der Waals surface area contributed by atoms with Crippen molar-refractivity contribution in [2.75, 3.05) is 25.0 Å². The molecule has 0 amide bonds. The molecule has 0 saturated carbocycles. The van der Waals surface area contributed by atoms with Crippen LogP contribution < -0.4 is 5.32 Å². The minimum absolute atomic E-state index is 0.248. The molecule has 1 N–H and O–H groups in total. The van der Waals surface area contributed by atoms with E-state index in [-0.39, 0.29) is 5.60 Å². The highest BCUT2D eigenvalue weighted by molar-refractivity contribution is 9.09. The number of ether oxygens (including phenoxy) is 1. The van der Waals surface area contributed by atoms with E-state index in [2.05, 4.69) is 21.2 Å². The molecule has 3 heteroatoms. The molecule has 0 bridgehead atoms. The number of halogens is 1. The van der Waals surface area contributed by atoms with Gasteiger partial charge in [-0.25, -0.2) is 0 Å². The normalized spacial score (nSPS) is 36.3. The SMILES string of the molecule is BrCC1COC2(CNC2)C1. The molecule has 0 radical (unpaired) electrons. The van der Waals surface area contributed by atoms with Crippen LogP contribution in [0.25, 0.3) is 0 Å². The van der Waals surface area contributed by atoms with Gasteiger partial charge in [0.25, 0.3) is 0 Å². The standard InChI is InChI=1S/C7H12BrNO/c8-2-6-1-7(10-3-6)4-9-5-7/h6,9H,1-5H2. The van der Waals surface area contributed by atoms with Crippen LogP contribution in [-0.4, -0.2) is 30.6 Å². The molecule has 1 unspecified atom stereocenters. The predicted octanol–water partition coefficient (Wildman–Crippen LogP) is 0.760. The largest absolute Gasteiger partial charge is 0.372 e. The summed E-state index contributed by atoms with van der Waals surface area (Å²) in [6, 6.07) is 0. The quantitative estimate of drug-likeness (QED) is 0.639. The van der Waals surface area contributed by atoms with E-state index in [4.69, 9.17) is 4.74 Å². The Morgan fingerprint density at radius 1 is 1.60 bits per heavy atom. The first-order valence-corrected chi connectivity index (χ1v) is 4.87. The van der Waals surface area contributed by atoms with E-state index < -0.39 is 0 Å². The van der Waals surface area contributed by atoms with Crippen molar-refractivity contribution >= 4 is 15.9 Å². The lowest BCUT2D eigenvalue weighted by molar-refractivity contribution is -0.0361. The fourth-order valence-electron chi connectivity index (χ4n) is 1.69. The molecule has 0 aromatic carbocycles. The zero-order valence-electron chi connectivity index (χ0n) is 5.90. The van der Waals surface area contributed by atoms with Crippen LogP contribution in [0.1, 0.15) is 6.42 Å². The molecule has 2 rings (SSSR count). The van der Waals surface area contributed by atoms with Gasteiger partial charge in [0.1, 0.15) is 0 Å². The molecular formula is C7H12BrNO. The number of hydrogen-bond donors (Lipinski definition) is 1. The highest BCUT2D eigenvalue weighted by atomic mass is 79.9. The summed E-state index contributed by atoms with van der Waals surface area (Å²) in [5.74, 6) is 0.752. The fraction of sp³-hybridized carbons (Fsp3) is 1.00. The van der Waals surface area contributed by atoms with E-state index in [9.17, 15) is 0 Å². The molecule has 2 saturated heterocycles. The average Bonchev–Trinajstić information content (AvgIpc) is 2.29. The highest BCUT2D eigenvalue weighted by Crippen LogP contribution is 2.33. The fourth-order valence-corrected chi connectivity index (χ4v) is 2.10. The second-order valence-electron chi connectivity index (χ2n) is 3.32. The summed E-state index contributed by atoms with van der Waals surface area (Å²) in [5.41, 5.74) is 0.248. The Kier molecular flexibility index (Phi) is 1.74. The molecule has 2 heterocycles. The van der Waals surface area contributed by atoms with Crippen LogP contribution >= 0.6 is 15.9 Å². The van der Waals surface area contributed by atoms with Gasteiger partial charge in [-0.3, -0.25) is 0 Å². The zero-order chi connectivity index (χ0) is 7.03. The third-order valence-corrected chi connectivity index (χ3v) is 3.31. The van der Waals surface area contributed by atoms with Crippen LogP contribution in [0.3, 0.4) is 0 Å². The number of rotatable bonds is 1.